The van der Waals surface area contributed by atoms with Crippen molar-refractivity contribution in [3.8, 4) is 5.75 Å². The molecule has 11 nitrogen and oxygen atoms in total. The molecule has 0 bridgehead atoms. The molecule has 2 rings (SSSR count). The highest BCUT2D eigenvalue weighted by Crippen LogP contribution is 2.13. The number of likely N-dealkylation sites (N-methyl/N-ethyl adjacent to an activating group) is 1. The van der Waals surface area contributed by atoms with Crippen LogP contribution in [0.25, 0.3) is 0 Å². The lowest BCUT2D eigenvalue weighted by molar-refractivity contribution is -0.117. The summed E-state index contributed by atoms with van der Waals surface area (Å²) in [5, 5.41) is 47.8. The van der Waals surface area contributed by atoms with Crippen molar-refractivity contribution < 1.29 is 35.1 Å². The Morgan fingerprint density at radius 3 is 2.32 bits per heavy atom. The maximum Gasteiger partial charge on any atom is 0.272 e. The quantitative estimate of drug-likeness (QED) is 0.242. The van der Waals surface area contributed by atoms with Crippen LogP contribution in [-0.2, 0) is 6.42 Å². The standard InChI is InChI=1S/C20H27N3O8/c1-23(9-14(25)18(28)19(29)15(26)10-24)20(30)13-8-17(27)22-16(21-13)7-11-3-5-12(31-2)6-4-11/h3-6,8,14-15,18-19,24-26,28-29H,7,9-10H2,1-2H3,(H,21,22,27). The van der Waals surface area contributed by atoms with Gasteiger partial charge in [-0.25, -0.2) is 4.98 Å². The van der Waals surface area contributed by atoms with Gasteiger partial charge in [0.05, 0.1) is 13.7 Å². The summed E-state index contributed by atoms with van der Waals surface area (Å²) in [5.74, 6) is 0.246. The van der Waals surface area contributed by atoms with Crippen LogP contribution in [0.2, 0.25) is 0 Å². The minimum absolute atomic E-state index is 0.160. The number of hydrogen-bond donors (Lipinski definition) is 6. The molecule has 0 radical (unpaired) electrons. The van der Waals surface area contributed by atoms with E-state index in [-0.39, 0.29) is 17.9 Å². The minimum Gasteiger partial charge on any atom is -0.497 e. The molecule has 1 aromatic heterocycles. The molecule has 2 aromatic rings. The van der Waals surface area contributed by atoms with Gasteiger partial charge in [-0.05, 0) is 17.7 Å². The molecule has 31 heavy (non-hydrogen) atoms. The van der Waals surface area contributed by atoms with Crippen molar-refractivity contribution in [3.05, 3.63) is 57.8 Å². The van der Waals surface area contributed by atoms with E-state index in [1.165, 1.54) is 7.05 Å². The number of hydrogen-bond acceptors (Lipinski definition) is 9. The number of benzene rings is 1. The fourth-order valence-electron chi connectivity index (χ4n) is 2.87. The second kappa shape index (κ2) is 11.0. The minimum atomic E-state index is -1.81. The van der Waals surface area contributed by atoms with Crippen molar-refractivity contribution >= 4 is 5.91 Å². The van der Waals surface area contributed by atoms with E-state index >= 15 is 0 Å². The third-order valence-electron chi connectivity index (χ3n) is 4.67. The van der Waals surface area contributed by atoms with Gasteiger partial charge < -0.3 is 40.2 Å². The zero-order valence-electron chi connectivity index (χ0n) is 17.2. The van der Waals surface area contributed by atoms with Crippen LogP contribution in [-0.4, -0.2) is 98.0 Å². The van der Waals surface area contributed by atoms with E-state index < -0.39 is 49.0 Å². The summed E-state index contributed by atoms with van der Waals surface area (Å²) in [6.45, 7) is -1.23. The van der Waals surface area contributed by atoms with E-state index in [4.69, 9.17) is 9.84 Å². The van der Waals surface area contributed by atoms with Gasteiger partial charge in [0, 0.05) is 26.1 Å². The molecule has 0 saturated heterocycles. The average Bonchev–Trinajstić information content (AvgIpc) is 2.76. The smallest absolute Gasteiger partial charge is 0.272 e. The fraction of sp³-hybridized carbons (Fsp3) is 0.450. The Kier molecular flexibility index (Phi) is 8.65. The van der Waals surface area contributed by atoms with Gasteiger partial charge >= 0.3 is 0 Å². The Labute approximate surface area is 178 Å². The molecule has 1 heterocycles. The summed E-state index contributed by atoms with van der Waals surface area (Å²) in [5.41, 5.74) is 0.140. The number of rotatable bonds is 10. The second-order valence-corrected chi connectivity index (χ2v) is 7.09. The Bertz CT molecular complexity index is 917. The number of aliphatic hydroxyl groups excluding tert-OH is 5. The van der Waals surface area contributed by atoms with E-state index in [1.807, 2.05) is 0 Å². The molecule has 0 aliphatic carbocycles. The number of aromatic nitrogens is 2. The van der Waals surface area contributed by atoms with Crippen molar-refractivity contribution in [3.63, 3.8) is 0 Å². The molecule has 4 atom stereocenters. The molecule has 0 aliphatic rings. The van der Waals surface area contributed by atoms with Gasteiger partial charge in [0.15, 0.2) is 0 Å². The van der Waals surface area contributed by atoms with Crippen LogP contribution in [0.3, 0.4) is 0 Å². The lowest BCUT2D eigenvalue weighted by Crippen LogP contribution is -2.50. The molecule has 0 aliphatic heterocycles. The summed E-state index contributed by atoms with van der Waals surface area (Å²) < 4.78 is 5.09. The molecule has 1 amide bonds. The summed E-state index contributed by atoms with van der Waals surface area (Å²) in [4.78, 5) is 32.4. The zero-order chi connectivity index (χ0) is 23.1. The molecular weight excluding hydrogens is 410 g/mol. The highest BCUT2D eigenvalue weighted by Gasteiger charge is 2.31. The number of nitrogens with zero attached hydrogens (tertiary/aromatic N) is 2. The molecular formula is C20H27N3O8. The molecule has 1 aromatic carbocycles. The van der Waals surface area contributed by atoms with Crippen molar-refractivity contribution in [1.82, 2.24) is 14.9 Å². The van der Waals surface area contributed by atoms with Crippen LogP contribution in [0.1, 0.15) is 21.9 Å². The first kappa shape index (κ1) is 24.4. The zero-order valence-corrected chi connectivity index (χ0v) is 17.2. The number of aliphatic hydroxyl groups is 5. The largest absolute Gasteiger partial charge is 0.497 e. The van der Waals surface area contributed by atoms with Crippen molar-refractivity contribution in [2.24, 2.45) is 0 Å². The summed E-state index contributed by atoms with van der Waals surface area (Å²) in [7, 11) is 2.87. The number of methoxy groups -OCH3 is 1. The lowest BCUT2D eigenvalue weighted by Gasteiger charge is -2.28. The highest BCUT2D eigenvalue weighted by molar-refractivity contribution is 5.92. The normalized spacial score (nSPS) is 15.1. The Hall–Kier alpha value is -2.83. The number of amides is 1. The molecule has 0 spiro atoms. The number of aromatic amines is 1. The van der Waals surface area contributed by atoms with Gasteiger partial charge in [-0.15, -0.1) is 0 Å². The number of ether oxygens (including phenoxy) is 1. The van der Waals surface area contributed by atoms with Gasteiger partial charge in [0.1, 0.15) is 41.7 Å². The number of carbonyl (C=O) groups excluding carboxylic acids is 1. The van der Waals surface area contributed by atoms with E-state index in [2.05, 4.69) is 9.97 Å². The third kappa shape index (κ3) is 6.57. The van der Waals surface area contributed by atoms with Crippen LogP contribution in [0.5, 0.6) is 5.75 Å². The van der Waals surface area contributed by atoms with Crippen LogP contribution in [0.15, 0.2) is 35.1 Å². The Morgan fingerprint density at radius 1 is 1.13 bits per heavy atom. The third-order valence-corrected chi connectivity index (χ3v) is 4.67. The predicted octanol–water partition coefficient (Wildman–Crippen LogP) is -2.12. The number of carbonyl (C=O) groups is 1. The van der Waals surface area contributed by atoms with Gasteiger partial charge in [-0.2, -0.15) is 0 Å². The summed E-state index contributed by atoms with van der Waals surface area (Å²) in [6, 6.07) is 8.12. The Balaban J connectivity index is 2.10. The van der Waals surface area contributed by atoms with E-state index in [9.17, 15) is 30.0 Å². The summed E-state index contributed by atoms with van der Waals surface area (Å²) >= 11 is 0. The lowest BCUT2D eigenvalue weighted by atomic mass is 10.0. The van der Waals surface area contributed by atoms with E-state index in [0.29, 0.717) is 5.75 Å². The molecule has 0 fully saturated rings. The van der Waals surface area contributed by atoms with Crippen LogP contribution in [0, 0.1) is 0 Å². The maximum absolute atomic E-state index is 12.7. The first-order valence-electron chi connectivity index (χ1n) is 9.48. The van der Waals surface area contributed by atoms with Crippen LogP contribution in [0.4, 0.5) is 0 Å². The molecule has 11 heteroatoms. The fourth-order valence-corrected chi connectivity index (χ4v) is 2.87. The second-order valence-electron chi connectivity index (χ2n) is 7.09. The van der Waals surface area contributed by atoms with Crippen molar-refractivity contribution in [2.75, 3.05) is 27.3 Å². The van der Waals surface area contributed by atoms with Crippen LogP contribution >= 0.6 is 0 Å². The first-order valence-corrected chi connectivity index (χ1v) is 9.48. The monoisotopic (exact) mass is 437 g/mol. The van der Waals surface area contributed by atoms with E-state index in [1.54, 1.807) is 31.4 Å². The predicted molar refractivity (Wildman–Crippen MR) is 109 cm³/mol. The number of H-pyrrole nitrogens is 1. The summed E-state index contributed by atoms with van der Waals surface area (Å²) in [6.07, 6.45) is -6.63. The topological polar surface area (TPSA) is 176 Å². The molecule has 0 saturated carbocycles. The van der Waals surface area contributed by atoms with Gasteiger partial charge in [-0.3, -0.25) is 9.59 Å². The van der Waals surface area contributed by atoms with E-state index in [0.717, 1.165) is 16.5 Å². The first-order chi connectivity index (χ1) is 14.7. The van der Waals surface area contributed by atoms with Crippen molar-refractivity contribution in [2.45, 2.75) is 30.8 Å². The molecule has 6 N–H and O–H groups in total. The molecule has 4 unspecified atom stereocenters. The average molecular weight is 437 g/mol. The van der Waals surface area contributed by atoms with Gasteiger partial charge in [0.2, 0.25) is 0 Å². The Morgan fingerprint density at radius 2 is 1.74 bits per heavy atom. The van der Waals surface area contributed by atoms with Crippen molar-refractivity contribution in [1.29, 1.82) is 0 Å². The van der Waals surface area contributed by atoms with Crippen LogP contribution < -0.4 is 10.3 Å². The number of nitrogens with one attached hydrogen (secondary N) is 1. The highest BCUT2D eigenvalue weighted by atomic mass is 16.5. The van der Waals surface area contributed by atoms with Gasteiger partial charge in [0.25, 0.3) is 11.5 Å². The SMILES string of the molecule is COc1ccc(Cc2nc(C(=O)N(C)CC(O)C(O)C(O)C(O)CO)cc(=O)[nH]2)cc1. The van der Waals surface area contributed by atoms with Gasteiger partial charge in [-0.1, -0.05) is 12.1 Å². The maximum atomic E-state index is 12.7. The molecule has 170 valence electrons.